The predicted octanol–water partition coefficient (Wildman–Crippen LogP) is 4.20. The molecular formula is C22H39IN4O3. The fourth-order valence-corrected chi connectivity index (χ4v) is 2.92. The predicted molar refractivity (Wildman–Crippen MR) is 133 cm³/mol. The van der Waals surface area contributed by atoms with Gasteiger partial charge in [0.15, 0.2) is 5.96 Å². The molecule has 1 aromatic carbocycles. The van der Waals surface area contributed by atoms with E-state index in [2.05, 4.69) is 46.9 Å². The minimum atomic E-state index is -0.530. The fourth-order valence-electron chi connectivity index (χ4n) is 2.92. The summed E-state index contributed by atoms with van der Waals surface area (Å²) in [4.78, 5) is 16.6. The Bertz CT molecular complexity index is 671. The molecule has 1 aromatic rings. The number of guanidine groups is 1. The summed E-state index contributed by atoms with van der Waals surface area (Å²) < 4.78 is 10.7. The van der Waals surface area contributed by atoms with E-state index in [4.69, 9.17) is 9.47 Å². The summed E-state index contributed by atoms with van der Waals surface area (Å²) in [6, 6.07) is 8.14. The number of rotatable bonds is 9. The molecule has 0 fully saturated rings. The lowest BCUT2D eigenvalue weighted by atomic mass is 9.93. The Morgan fingerprint density at radius 1 is 1.07 bits per heavy atom. The van der Waals surface area contributed by atoms with Crippen LogP contribution >= 0.6 is 24.0 Å². The minimum Gasteiger partial charge on any atom is -0.444 e. The molecule has 0 atom stereocenters. The second-order valence-corrected chi connectivity index (χ2v) is 8.10. The van der Waals surface area contributed by atoms with Crippen LogP contribution in [0, 0.1) is 0 Å². The number of benzene rings is 1. The van der Waals surface area contributed by atoms with Gasteiger partial charge in [0.2, 0.25) is 0 Å². The van der Waals surface area contributed by atoms with Gasteiger partial charge in [-0.25, -0.2) is 4.79 Å². The van der Waals surface area contributed by atoms with Crippen LogP contribution in [0.5, 0.6) is 0 Å². The number of carbonyl (C=O) groups is 1. The van der Waals surface area contributed by atoms with Gasteiger partial charge in [-0.05, 0) is 44.7 Å². The molecule has 30 heavy (non-hydrogen) atoms. The number of hydrogen-bond acceptors (Lipinski definition) is 4. The van der Waals surface area contributed by atoms with E-state index in [9.17, 15) is 4.79 Å². The maximum atomic E-state index is 12.3. The van der Waals surface area contributed by atoms with Crippen molar-refractivity contribution in [2.75, 3.05) is 20.7 Å². The summed E-state index contributed by atoms with van der Waals surface area (Å²) in [5.74, 6) is 0.675. The molecule has 1 amide bonds. The van der Waals surface area contributed by atoms with Crippen LogP contribution in [0.25, 0.3) is 0 Å². The molecule has 8 heteroatoms. The number of nitrogens with zero attached hydrogens (tertiary/aromatic N) is 1. The van der Waals surface area contributed by atoms with Gasteiger partial charge in [-0.15, -0.1) is 24.0 Å². The van der Waals surface area contributed by atoms with Gasteiger partial charge in [0.05, 0.1) is 12.1 Å². The van der Waals surface area contributed by atoms with E-state index in [1.807, 2.05) is 32.9 Å². The number of nitrogens with one attached hydrogen (secondary N) is 3. The van der Waals surface area contributed by atoms with E-state index in [0.717, 1.165) is 24.0 Å². The Balaban J connectivity index is 0.00000841. The lowest BCUT2D eigenvalue weighted by molar-refractivity contribution is 0.0448. The number of amides is 1. The Morgan fingerprint density at radius 2 is 1.67 bits per heavy atom. The lowest BCUT2D eigenvalue weighted by Crippen LogP contribution is -2.57. The SMILES string of the molecule is CCC(CC)(CNC(=NC)NCc1ccccc1COC)NC(=O)OC(C)(C)C.I. The second kappa shape index (κ2) is 13.7. The third kappa shape index (κ3) is 9.97. The zero-order valence-corrected chi connectivity index (χ0v) is 21.8. The minimum absolute atomic E-state index is 0. The number of methoxy groups -OCH3 is 1. The third-order valence-corrected chi connectivity index (χ3v) is 4.80. The monoisotopic (exact) mass is 534 g/mol. The van der Waals surface area contributed by atoms with Crippen LogP contribution < -0.4 is 16.0 Å². The highest BCUT2D eigenvalue weighted by Crippen LogP contribution is 2.16. The van der Waals surface area contributed by atoms with E-state index < -0.39 is 17.2 Å². The Morgan fingerprint density at radius 3 is 2.17 bits per heavy atom. The topological polar surface area (TPSA) is 84.0 Å². The first-order valence-corrected chi connectivity index (χ1v) is 10.2. The molecule has 3 N–H and O–H groups in total. The van der Waals surface area contributed by atoms with Gasteiger partial charge in [-0.3, -0.25) is 4.99 Å². The van der Waals surface area contributed by atoms with Crippen molar-refractivity contribution in [1.29, 1.82) is 0 Å². The normalized spacial score (nSPS) is 12.0. The van der Waals surface area contributed by atoms with Crippen molar-refractivity contribution in [2.24, 2.45) is 4.99 Å². The van der Waals surface area contributed by atoms with Crippen molar-refractivity contribution in [1.82, 2.24) is 16.0 Å². The quantitative estimate of drug-likeness (QED) is 0.251. The first-order chi connectivity index (χ1) is 13.7. The second-order valence-electron chi connectivity index (χ2n) is 8.10. The molecule has 0 aliphatic rings. The maximum absolute atomic E-state index is 12.3. The van der Waals surface area contributed by atoms with Crippen LogP contribution in [0.2, 0.25) is 0 Å². The van der Waals surface area contributed by atoms with E-state index in [0.29, 0.717) is 25.7 Å². The number of ether oxygens (including phenoxy) is 2. The zero-order valence-electron chi connectivity index (χ0n) is 19.4. The van der Waals surface area contributed by atoms with Crippen molar-refractivity contribution in [3.8, 4) is 0 Å². The summed E-state index contributed by atoms with van der Waals surface area (Å²) >= 11 is 0. The first kappa shape index (κ1) is 28.5. The van der Waals surface area contributed by atoms with E-state index in [-0.39, 0.29) is 24.0 Å². The zero-order chi connectivity index (χ0) is 21.9. The molecule has 0 aliphatic carbocycles. The van der Waals surface area contributed by atoms with Gasteiger partial charge in [0.25, 0.3) is 0 Å². The summed E-state index contributed by atoms with van der Waals surface area (Å²) in [7, 11) is 3.43. The highest BCUT2D eigenvalue weighted by atomic mass is 127. The summed E-state index contributed by atoms with van der Waals surface area (Å²) in [6.07, 6.45) is 1.13. The Labute approximate surface area is 198 Å². The lowest BCUT2D eigenvalue weighted by Gasteiger charge is -2.34. The van der Waals surface area contributed by atoms with Crippen molar-refractivity contribution in [3.63, 3.8) is 0 Å². The van der Waals surface area contributed by atoms with Gasteiger partial charge in [0, 0.05) is 27.2 Å². The number of carbonyl (C=O) groups excluding carboxylic acids is 1. The molecule has 0 aliphatic heterocycles. The molecule has 0 saturated carbocycles. The summed E-state index contributed by atoms with van der Waals surface area (Å²) in [6.45, 7) is 11.4. The maximum Gasteiger partial charge on any atom is 0.408 e. The number of hydrogen-bond donors (Lipinski definition) is 3. The van der Waals surface area contributed by atoms with Crippen molar-refractivity contribution in [2.45, 2.75) is 71.8 Å². The van der Waals surface area contributed by atoms with Gasteiger partial charge >= 0.3 is 6.09 Å². The average molecular weight is 534 g/mol. The average Bonchev–Trinajstić information content (AvgIpc) is 2.67. The largest absolute Gasteiger partial charge is 0.444 e. The van der Waals surface area contributed by atoms with Gasteiger partial charge in [-0.1, -0.05) is 38.1 Å². The molecule has 0 aromatic heterocycles. The highest BCUT2D eigenvalue weighted by Gasteiger charge is 2.30. The highest BCUT2D eigenvalue weighted by molar-refractivity contribution is 14.0. The standard InChI is InChI=1S/C22H38N4O3.HI/c1-8-22(9-2,26-20(27)29-21(3,4)5)16-25-19(23-6)24-14-17-12-10-11-13-18(17)15-28-7;/h10-13H,8-9,14-16H2,1-7H3,(H,26,27)(H2,23,24,25);1H. The first-order valence-electron chi connectivity index (χ1n) is 10.2. The molecule has 0 heterocycles. The molecule has 0 spiro atoms. The Hall–Kier alpha value is -1.55. The van der Waals surface area contributed by atoms with Crippen LogP contribution in [-0.4, -0.2) is 43.9 Å². The van der Waals surface area contributed by atoms with E-state index in [1.54, 1.807) is 14.2 Å². The smallest absolute Gasteiger partial charge is 0.408 e. The molecule has 0 bridgehead atoms. The van der Waals surface area contributed by atoms with Crippen LogP contribution in [0.15, 0.2) is 29.3 Å². The van der Waals surface area contributed by atoms with E-state index >= 15 is 0 Å². The van der Waals surface area contributed by atoms with Gasteiger partial charge in [0.1, 0.15) is 5.60 Å². The van der Waals surface area contributed by atoms with Gasteiger partial charge < -0.3 is 25.4 Å². The van der Waals surface area contributed by atoms with Crippen molar-refractivity contribution < 1.29 is 14.3 Å². The fraction of sp³-hybridized carbons (Fsp3) is 0.636. The van der Waals surface area contributed by atoms with Gasteiger partial charge in [-0.2, -0.15) is 0 Å². The van der Waals surface area contributed by atoms with Crippen molar-refractivity contribution in [3.05, 3.63) is 35.4 Å². The van der Waals surface area contributed by atoms with Crippen LogP contribution in [-0.2, 0) is 22.6 Å². The Kier molecular flexibility index (Phi) is 13.0. The van der Waals surface area contributed by atoms with Crippen LogP contribution in [0.1, 0.15) is 58.6 Å². The van der Waals surface area contributed by atoms with E-state index in [1.165, 1.54) is 0 Å². The number of alkyl carbamates (subject to hydrolysis) is 1. The third-order valence-electron chi connectivity index (χ3n) is 4.80. The summed E-state index contributed by atoms with van der Waals surface area (Å²) in [5, 5.41) is 9.72. The number of aliphatic imine (C=N–C) groups is 1. The molecular weight excluding hydrogens is 495 g/mol. The van der Waals surface area contributed by atoms with Crippen LogP contribution in [0.4, 0.5) is 4.79 Å². The molecule has 172 valence electrons. The summed E-state index contributed by atoms with van der Waals surface area (Å²) in [5.41, 5.74) is 1.34. The molecule has 1 rings (SSSR count). The molecule has 7 nitrogen and oxygen atoms in total. The molecule has 0 unspecified atom stereocenters. The molecule has 0 radical (unpaired) electrons. The van der Waals surface area contributed by atoms with Crippen molar-refractivity contribution >= 4 is 36.0 Å². The van der Waals surface area contributed by atoms with Crippen LogP contribution in [0.3, 0.4) is 0 Å². The molecule has 0 saturated heterocycles. The number of halogens is 1.